The maximum absolute atomic E-state index is 11.0. The monoisotopic (exact) mass is 257 g/mol. The van der Waals surface area contributed by atoms with Crippen molar-refractivity contribution in [3.8, 4) is 0 Å². The molecule has 0 aliphatic heterocycles. The molecule has 87 valence electrons. The molecule has 1 radical (unpaired) electrons. The van der Waals surface area contributed by atoms with Crippen LogP contribution in [-0.2, 0) is 19.6 Å². The van der Waals surface area contributed by atoms with Crippen molar-refractivity contribution in [3.05, 3.63) is 25.3 Å². The van der Waals surface area contributed by atoms with Gasteiger partial charge >= 0.3 is 5.97 Å². The number of ether oxygens (including phenoxy) is 1. The third-order valence-corrected chi connectivity index (χ3v) is 3.51. The first kappa shape index (κ1) is 18.2. The van der Waals surface area contributed by atoms with Crippen LogP contribution in [0.25, 0.3) is 0 Å². The third kappa shape index (κ3) is 4.80. The number of carbonyl (C=O) groups excluding carboxylic acids is 1. The van der Waals surface area contributed by atoms with Gasteiger partial charge in [-0.2, -0.15) is 8.42 Å². The van der Waals surface area contributed by atoms with Crippen LogP contribution in [-0.4, -0.2) is 59.3 Å². The molecule has 0 saturated carbocycles. The Hall–Kier alpha value is -0.140. The summed E-state index contributed by atoms with van der Waals surface area (Å²) in [7, 11) is -4.31. The van der Waals surface area contributed by atoms with Crippen LogP contribution in [0.1, 0.15) is 13.8 Å². The van der Waals surface area contributed by atoms with Gasteiger partial charge in [-0.25, -0.2) is 4.79 Å². The Morgan fingerprint density at radius 3 is 2.19 bits per heavy atom. The Bertz CT molecular complexity index is 375. The Morgan fingerprint density at radius 1 is 1.50 bits per heavy atom. The second kappa shape index (κ2) is 6.56. The molecule has 2 atom stereocenters. The van der Waals surface area contributed by atoms with Crippen molar-refractivity contribution in [2.45, 2.75) is 24.7 Å². The van der Waals surface area contributed by atoms with E-state index in [0.717, 1.165) is 12.2 Å². The number of carbonyl (C=O) groups is 1. The van der Waals surface area contributed by atoms with Crippen molar-refractivity contribution in [1.82, 2.24) is 0 Å². The van der Waals surface area contributed by atoms with Crippen molar-refractivity contribution in [1.29, 1.82) is 0 Å². The van der Waals surface area contributed by atoms with E-state index < -0.39 is 26.9 Å². The number of esters is 1. The minimum absolute atomic E-state index is 0. The largest absolute Gasteiger partial charge is 0.450 e. The van der Waals surface area contributed by atoms with Gasteiger partial charge in [0, 0.05) is 35.6 Å². The van der Waals surface area contributed by atoms with Crippen molar-refractivity contribution in [2.24, 2.45) is 0 Å². The molecule has 1 N–H and O–H groups in total. The average molecular weight is 257 g/mol. The molecule has 0 heterocycles. The van der Waals surface area contributed by atoms with Crippen LogP contribution in [0, 0.1) is 0 Å². The van der Waals surface area contributed by atoms with Crippen molar-refractivity contribution in [3.63, 3.8) is 0 Å². The van der Waals surface area contributed by atoms with Gasteiger partial charge in [-0.15, -0.1) is 0 Å². The van der Waals surface area contributed by atoms with Crippen LogP contribution >= 0.6 is 0 Å². The number of hydrogen-bond donors (Lipinski definition) is 1. The minimum Gasteiger partial charge on any atom is -0.450 e. The number of rotatable bonds is 5. The van der Waals surface area contributed by atoms with E-state index in [1.807, 2.05) is 0 Å². The van der Waals surface area contributed by atoms with E-state index in [9.17, 15) is 13.2 Å². The van der Waals surface area contributed by atoms with Crippen LogP contribution in [0.15, 0.2) is 25.3 Å². The number of hydrogen-bond acceptors (Lipinski definition) is 4. The zero-order chi connectivity index (χ0) is 12.3. The molecule has 5 nitrogen and oxygen atoms in total. The molecule has 0 aliphatic rings. The van der Waals surface area contributed by atoms with Crippen molar-refractivity contribution < 1.29 is 22.5 Å². The molecule has 16 heavy (non-hydrogen) atoms. The quantitative estimate of drug-likeness (QED) is 0.256. The van der Waals surface area contributed by atoms with Crippen molar-refractivity contribution in [2.75, 3.05) is 0 Å². The van der Waals surface area contributed by atoms with Crippen molar-refractivity contribution >= 4 is 45.6 Å². The zero-order valence-electron chi connectivity index (χ0n) is 9.63. The summed E-state index contributed by atoms with van der Waals surface area (Å²) < 4.78 is 35.5. The molecule has 0 bridgehead atoms. The first-order valence-corrected chi connectivity index (χ1v) is 5.63. The second-order valence-corrected chi connectivity index (χ2v) is 4.91. The summed E-state index contributed by atoms with van der Waals surface area (Å²) in [6.07, 6.45) is 2.05. The molecule has 0 aromatic rings. The van der Waals surface area contributed by atoms with Gasteiger partial charge in [0.2, 0.25) is 0 Å². The minimum atomic E-state index is -4.31. The van der Waals surface area contributed by atoms with Gasteiger partial charge in [0.15, 0.2) is 0 Å². The first-order chi connectivity index (χ1) is 6.67. The van der Waals surface area contributed by atoms with Gasteiger partial charge in [-0.05, 0) is 19.9 Å². The molecule has 0 amide bonds. The maximum Gasteiger partial charge on any atom is 0.331 e. The predicted octanol–water partition coefficient (Wildman–Crippen LogP) is 0.556. The normalized spacial score (nSPS) is 16.2. The molecule has 7 heteroatoms. The Morgan fingerprint density at radius 2 is 1.94 bits per heavy atom. The van der Waals surface area contributed by atoms with Gasteiger partial charge < -0.3 is 4.74 Å². The van der Waals surface area contributed by atoms with E-state index in [4.69, 9.17) is 9.29 Å². The molecule has 0 aliphatic carbocycles. The fourth-order valence-corrected chi connectivity index (χ4v) is 1.58. The van der Waals surface area contributed by atoms with E-state index in [-0.39, 0.29) is 29.6 Å². The summed E-state index contributed by atoms with van der Waals surface area (Å²) in [5.74, 6) is -0.784. The molecule has 0 rings (SSSR count). The molecular formula is C9H14NaO5S. The maximum atomic E-state index is 11.0. The summed E-state index contributed by atoms with van der Waals surface area (Å²) in [4.78, 5) is 11.0. The van der Waals surface area contributed by atoms with E-state index in [1.54, 1.807) is 0 Å². The molecule has 2 unspecified atom stereocenters. The summed E-state index contributed by atoms with van der Waals surface area (Å²) in [5, 5.41) is -1.30. The summed E-state index contributed by atoms with van der Waals surface area (Å²) in [6.45, 7) is 9.10. The van der Waals surface area contributed by atoms with Gasteiger partial charge in [-0.3, -0.25) is 4.55 Å². The van der Waals surface area contributed by atoms with E-state index in [2.05, 4.69) is 13.2 Å². The van der Waals surface area contributed by atoms with E-state index >= 15 is 0 Å². The van der Waals surface area contributed by atoms with Gasteiger partial charge in [-0.1, -0.05) is 13.2 Å². The Balaban J connectivity index is 0. The summed E-state index contributed by atoms with van der Waals surface area (Å²) >= 11 is 0. The van der Waals surface area contributed by atoms with Crippen LogP contribution in [0.2, 0.25) is 0 Å². The molecule has 0 aromatic heterocycles. The Labute approximate surface area is 118 Å². The third-order valence-electron chi connectivity index (χ3n) is 2.15. The Kier molecular flexibility index (Phi) is 7.47. The molecule has 0 fully saturated rings. The average Bonchev–Trinajstić information content (AvgIpc) is 2.14. The second-order valence-electron chi connectivity index (χ2n) is 3.17. The molecular weight excluding hydrogens is 243 g/mol. The molecule has 0 aromatic carbocycles. The standard InChI is InChI=1S/C9H14O5S.Na/c1-5-8(10)14-9(4,6-2)7(3)15(11,12)13;/h5-7H,1-2H2,3-4H3,(H,11,12,13);. The van der Waals surface area contributed by atoms with Crippen LogP contribution in [0.3, 0.4) is 0 Å². The fourth-order valence-electron chi connectivity index (χ4n) is 0.845. The fraction of sp³-hybridized carbons (Fsp3) is 0.444. The van der Waals surface area contributed by atoms with Gasteiger partial charge in [0.25, 0.3) is 10.1 Å². The smallest absolute Gasteiger partial charge is 0.331 e. The van der Waals surface area contributed by atoms with Crippen LogP contribution in [0.4, 0.5) is 0 Å². The summed E-state index contributed by atoms with van der Waals surface area (Å²) in [5.41, 5.74) is -1.49. The van der Waals surface area contributed by atoms with E-state index in [0.29, 0.717) is 0 Å². The summed E-state index contributed by atoms with van der Waals surface area (Å²) in [6, 6.07) is 0. The van der Waals surface area contributed by atoms with Crippen LogP contribution < -0.4 is 0 Å². The van der Waals surface area contributed by atoms with Gasteiger partial charge in [0.05, 0.1) is 0 Å². The topological polar surface area (TPSA) is 80.7 Å². The predicted molar refractivity (Wildman–Crippen MR) is 61.7 cm³/mol. The molecule has 0 spiro atoms. The first-order valence-electron chi connectivity index (χ1n) is 4.12. The zero-order valence-corrected chi connectivity index (χ0v) is 12.5. The van der Waals surface area contributed by atoms with Gasteiger partial charge in [0.1, 0.15) is 10.9 Å². The SMILES string of the molecule is C=CC(=O)OC(C)(C=C)C(C)S(=O)(=O)O.[Na]. The molecule has 0 saturated heterocycles. The van der Waals surface area contributed by atoms with E-state index in [1.165, 1.54) is 13.8 Å². The van der Waals surface area contributed by atoms with Crippen LogP contribution in [0.5, 0.6) is 0 Å².